The van der Waals surface area contributed by atoms with Crippen LogP contribution in [-0.4, -0.2) is 30.9 Å². The van der Waals surface area contributed by atoms with Gasteiger partial charge in [0.2, 0.25) is 5.91 Å². The van der Waals surface area contributed by atoms with Gasteiger partial charge in [-0.2, -0.15) is 5.26 Å². The lowest BCUT2D eigenvalue weighted by molar-refractivity contribution is -0.116. The van der Waals surface area contributed by atoms with Gasteiger partial charge in [0.05, 0.1) is 11.6 Å². The molecule has 0 unspecified atom stereocenters. The van der Waals surface area contributed by atoms with Gasteiger partial charge in [-0.3, -0.25) is 4.79 Å². The largest absolute Gasteiger partial charge is 0.326 e. The van der Waals surface area contributed by atoms with Crippen LogP contribution in [0.2, 0.25) is 0 Å². The molecule has 20 heavy (non-hydrogen) atoms. The second kappa shape index (κ2) is 7.06. The van der Waals surface area contributed by atoms with E-state index in [1.54, 1.807) is 24.3 Å². The maximum Gasteiger partial charge on any atom is 0.224 e. The molecule has 0 bridgehead atoms. The first-order chi connectivity index (χ1) is 9.67. The molecule has 0 atom stereocenters. The third-order valence-electron chi connectivity index (χ3n) is 3.49. The predicted molar refractivity (Wildman–Crippen MR) is 79.2 cm³/mol. The minimum atomic E-state index is 0.0138. The lowest BCUT2D eigenvalue weighted by Gasteiger charge is -2.15. The third kappa shape index (κ3) is 5.02. The van der Waals surface area contributed by atoms with Gasteiger partial charge in [0, 0.05) is 18.7 Å². The molecule has 0 aliphatic heterocycles. The van der Waals surface area contributed by atoms with Crippen molar-refractivity contribution in [2.24, 2.45) is 5.92 Å². The first kappa shape index (κ1) is 14.5. The minimum absolute atomic E-state index is 0.0138. The highest BCUT2D eigenvalue weighted by Crippen LogP contribution is 2.29. The quantitative estimate of drug-likeness (QED) is 0.829. The topological polar surface area (TPSA) is 56.1 Å². The van der Waals surface area contributed by atoms with Gasteiger partial charge in [-0.05, 0) is 57.0 Å². The first-order valence-electron chi connectivity index (χ1n) is 7.16. The summed E-state index contributed by atoms with van der Waals surface area (Å²) in [6.45, 7) is 2.12. The molecule has 0 radical (unpaired) electrons. The van der Waals surface area contributed by atoms with Crippen molar-refractivity contribution in [1.82, 2.24) is 4.90 Å². The molecule has 0 heterocycles. The van der Waals surface area contributed by atoms with Crippen LogP contribution in [0, 0.1) is 17.2 Å². The van der Waals surface area contributed by atoms with Crippen LogP contribution in [0.25, 0.3) is 0 Å². The van der Waals surface area contributed by atoms with E-state index in [0.29, 0.717) is 17.7 Å². The molecule has 0 aromatic heterocycles. The number of rotatable bonds is 7. The maximum absolute atomic E-state index is 11.8. The molecule has 1 fully saturated rings. The van der Waals surface area contributed by atoms with E-state index in [2.05, 4.69) is 23.3 Å². The smallest absolute Gasteiger partial charge is 0.224 e. The van der Waals surface area contributed by atoms with Gasteiger partial charge in [-0.15, -0.1) is 0 Å². The number of hydrogen-bond acceptors (Lipinski definition) is 3. The van der Waals surface area contributed by atoms with Crippen molar-refractivity contribution in [3.63, 3.8) is 0 Å². The molecule has 106 valence electrons. The first-order valence-corrected chi connectivity index (χ1v) is 7.16. The molecule has 4 heteroatoms. The van der Waals surface area contributed by atoms with Crippen molar-refractivity contribution in [3.05, 3.63) is 29.8 Å². The molecule has 0 spiro atoms. The molecule has 1 aliphatic carbocycles. The number of nitriles is 1. The molecule has 1 aromatic rings. The zero-order valence-corrected chi connectivity index (χ0v) is 11.9. The maximum atomic E-state index is 11.8. The van der Waals surface area contributed by atoms with Crippen molar-refractivity contribution in [2.45, 2.75) is 25.7 Å². The minimum Gasteiger partial charge on any atom is -0.326 e. The summed E-state index contributed by atoms with van der Waals surface area (Å²) in [5.74, 6) is 0.905. The number of amides is 1. The molecule has 1 saturated carbocycles. The summed E-state index contributed by atoms with van der Waals surface area (Å²) < 4.78 is 0. The molecule has 4 nitrogen and oxygen atoms in total. The van der Waals surface area contributed by atoms with Gasteiger partial charge >= 0.3 is 0 Å². The Hall–Kier alpha value is -1.86. The van der Waals surface area contributed by atoms with Crippen LogP contribution in [0.3, 0.4) is 0 Å². The lowest BCUT2D eigenvalue weighted by Crippen LogP contribution is -2.23. The van der Waals surface area contributed by atoms with E-state index in [4.69, 9.17) is 5.26 Å². The zero-order chi connectivity index (χ0) is 14.4. The Morgan fingerprint density at radius 3 is 3.00 bits per heavy atom. The van der Waals surface area contributed by atoms with E-state index in [-0.39, 0.29) is 5.91 Å². The lowest BCUT2D eigenvalue weighted by atomic mass is 10.2. The average Bonchev–Trinajstić information content (AvgIpc) is 3.22. The fraction of sp³-hybridized carbons (Fsp3) is 0.500. The van der Waals surface area contributed by atoms with E-state index < -0.39 is 0 Å². The molecule has 0 saturated heterocycles. The monoisotopic (exact) mass is 271 g/mol. The highest BCUT2D eigenvalue weighted by atomic mass is 16.1. The molecule has 1 N–H and O–H groups in total. The van der Waals surface area contributed by atoms with Crippen molar-refractivity contribution < 1.29 is 4.79 Å². The predicted octanol–water partition coefficient (Wildman–Crippen LogP) is 2.62. The van der Waals surface area contributed by atoms with Gasteiger partial charge in [-0.1, -0.05) is 6.07 Å². The third-order valence-corrected chi connectivity index (χ3v) is 3.49. The second-order valence-electron chi connectivity index (χ2n) is 5.55. The van der Waals surface area contributed by atoms with Crippen LogP contribution in [0.5, 0.6) is 0 Å². The summed E-state index contributed by atoms with van der Waals surface area (Å²) in [4.78, 5) is 14.1. The Morgan fingerprint density at radius 1 is 1.50 bits per heavy atom. The summed E-state index contributed by atoms with van der Waals surface area (Å²) in [6.07, 6.45) is 4.11. The van der Waals surface area contributed by atoms with Crippen LogP contribution in [0.15, 0.2) is 24.3 Å². The van der Waals surface area contributed by atoms with Crippen LogP contribution < -0.4 is 5.32 Å². The summed E-state index contributed by atoms with van der Waals surface area (Å²) in [6, 6.07) is 9.06. The number of carbonyl (C=O) groups excluding carboxylic acids is 1. The second-order valence-corrected chi connectivity index (χ2v) is 5.55. The Balaban J connectivity index is 1.67. The molecule has 1 amide bonds. The number of anilines is 1. The highest BCUT2D eigenvalue weighted by Gasteiger charge is 2.22. The van der Waals surface area contributed by atoms with Crippen LogP contribution >= 0.6 is 0 Å². The highest BCUT2D eigenvalue weighted by molar-refractivity contribution is 5.90. The van der Waals surface area contributed by atoms with Gasteiger partial charge in [0.15, 0.2) is 0 Å². The van der Waals surface area contributed by atoms with Crippen LogP contribution in [0.4, 0.5) is 5.69 Å². The molecular formula is C16H21N3O. The van der Waals surface area contributed by atoms with Crippen molar-refractivity contribution in [2.75, 3.05) is 25.5 Å². The summed E-state index contributed by atoms with van der Waals surface area (Å²) in [7, 11) is 2.12. The van der Waals surface area contributed by atoms with Gasteiger partial charge < -0.3 is 10.2 Å². The Bertz CT molecular complexity index is 503. The van der Waals surface area contributed by atoms with Gasteiger partial charge in [0.1, 0.15) is 0 Å². The van der Waals surface area contributed by atoms with E-state index in [9.17, 15) is 4.79 Å². The SMILES string of the molecule is CN(CCCC(=O)Nc1cccc(C#N)c1)CC1CC1. The normalized spacial score (nSPS) is 14.1. The zero-order valence-electron chi connectivity index (χ0n) is 11.9. The molecule has 1 aliphatic rings. The number of hydrogen-bond donors (Lipinski definition) is 1. The van der Waals surface area contributed by atoms with Crippen molar-refractivity contribution in [1.29, 1.82) is 5.26 Å². The standard InChI is InChI=1S/C16H21N3O/c1-19(12-13-7-8-13)9-3-6-16(20)18-15-5-2-4-14(10-15)11-17/h2,4-5,10,13H,3,6-9,12H2,1H3,(H,18,20). The van der Waals surface area contributed by atoms with Gasteiger partial charge in [0.25, 0.3) is 0 Å². The Morgan fingerprint density at radius 2 is 2.30 bits per heavy atom. The summed E-state index contributed by atoms with van der Waals surface area (Å²) in [5.41, 5.74) is 1.26. The van der Waals surface area contributed by atoms with Crippen LogP contribution in [0.1, 0.15) is 31.2 Å². The fourth-order valence-corrected chi connectivity index (χ4v) is 2.23. The number of nitrogens with one attached hydrogen (secondary N) is 1. The average molecular weight is 271 g/mol. The van der Waals surface area contributed by atoms with E-state index in [0.717, 1.165) is 25.4 Å². The summed E-state index contributed by atoms with van der Waals surface area (Å²) in [5, 5.41) is 11.6. The Kier molecular flexibility index (Phi) is 5.14. The van der Waals surface area contributed by atoms with Crippen molar-refractivity contribution in [3.8, 4) is 6.07 Å². The molecule has 1 aromatic carbocycles. The number of carbonyl (C=O) groups is 1. The summed E-state index contributed by atoms with van der Waals surface area (Å²) >= 11 is 0. The van der Waals surface area contributed by atoms with Crippen LogP contribution in [-0.2, 0) is 4.79 Å². The van der Waals surface area contributed by atoms with E-state index in [1.807, 2.05) is 0 Å². The molecular weight excluding hydrogens is 250 g/mol. The number of benzene rings is 1. The van der Waals surface area contributed by atoms with Crippen molar-refractivity contribution >= 4 is 11.6 Å². The van der Waals surface area contributed by atoms with Gasteiger partial charge in [-0.25, -0.2) is 0 Å². The number of nitrogens with zero attached hydrogens (tertiary/aromatic N) is 2. The fourth-order valence-electron chi connectivity index (χ4n) is 2.23. The Labute approximate surface area is 120 Å². The van der Waals surface area contributed by atoms with E-state index >= 15 is 0 Å². The van der Waals surface area contributed by atoms with E-state index in [1.165, 1.54) is 12.8 Å². The molecule has 2 rings (SSSR count).